The summed E-state index contributed by atoms with van der Waals surface area (Å²) in [4.78, 5) is 22.1. The maximum atomic E-state index is 13.2. The lowest BCUT2D eigenvalue weighted by Crippen LogP contribution is -2.42. The summed E-state index contributed by atoms with van der Waals surface area (Å²) in [5, 5.41) is 28.5. The number of rotatable bonds is 9. The lowest BCUT2D eigenvalue weighted by atomic mass is 10.00. The van der Waals surface area contributed by atoms with Crippen LogP contribution in [-0.4, -0.2) is 84.2 Å². The molecule has 13 nitrogen and oxygen atoms in total. The number of fused-ring (bicyclic) bond motifs is 1. The Morgan fingerprint density at radius 2 is 1.95 bits per heavy atom. The molecule has 42 heavy (non-hydrogen) atoms. The van der Waals surface area contributed by atoms with E-state index in [0.29, 0.717) is 37.5 Å². The smallest absolute Gasteiger partial charge is 0.387 e. The molecule has 16 heteroatoms. The highest BCUT2D eigenvalue weighted by atomic mass is 32.2. The van der Waals surface area contributed by atoms with Crippen molar-refractivity contribution in [3.8, 4) is 5.75 Å². The number of alkyl halides is 2. The average molecular weight is 612 g/mol. The molecule has 3 aromatic heterocycles. The highest BCUT2D eigenvalue weighted by molar-refractivity contribution is 7.89. The van der Waals surface area contributed by atoms with Gasteiger partial charge in [-0.15, -0.1) is 0 Å². The first kappa shape index (κ1) is 30.3. The van der Waals surface area contributed by atoms with E-state index in [1.54, 1.807) is 20.8 Å². The standard InChI is InChI=1S/C26H35F2N7O6S/c1-25(2,37)15-33-14-18(13-30-33)42(39,40)34-9-6-17(7-10-34)31-24-29-12-16-11-19(41-23(27)28)22(36)35(21(16)32-24)20-5-4-8-26(20,3)38/h11-14,17,20,23,37-38H,4-10,15H2,1-3H3,(H,29,31,32)/t20-,26-/m1/s1. The number of hydrogen-bond donors (Lipinski definition) is 3. The fraction of sp³-hybridized carbons (Fsp3) is 0.615. The fourth-order valence-corrected chi connectivity index (χ4v) is 7.13. The molecule has 0 spiro atoms. The molecule has 2 fully saturated rings. The molecular weight excluding hydrogens is 576 g/mol. The Bertz CT molecular complexity index is 1610. The van der Waals surface area contributed by atoms with Crippen LogP contribution in [0.25, 0.3) is 11.0 Å². The Labute approximate surface area is 241 Å². The fourth-order valence-electron chi connectivity index (χ4n) is 5.70. The molecule has 2 atom stereocenters. The summed E-state index contributed by atoms with van der Waals surface area (Å²) in [6.07, 6.45) is 6.50. The minimum absolute atomic E-state index is 0.0481. The second kappa shape index (κ2) is 11.1. The maximum Gasteiger partial charge on any atom is 0.387 e. The van der Waals surface area contributed by atoms with Gasteiger partial charge in [0.25, 0.3) is 5.56 Å². The van der Waals surface area contributed by atoms with E-state index in [9.17, 15) is 32.2 Å². The van der Waals surface area contributed by atoms with E-state index in [-0.39, 0.29) is 42.2 Å². The minimum Gasteiger partial charge on any atom is -0.429 e. The molecule has 1 aliphatic carbocycles. The van der Waals surface area contributed by atoms with Crippen LogP contribution >= 0.6 is 0 Å². The van der Waals surface area contributed by atoms with Crippen LogP contribution in [0.5, 0.6) is 5.75 Å². The molecule has 1 saturated carbocycles. The topological polar surface area (TPSA) is 165 Å². The summed E-state index contributed by atoms with van der Waals surface area (Å²) in [7, 11) is -3.78. The van der Waals surface area contributed by atoms with Gasteiger partial charge in [-0.05, 0) is 58.9 Å². The molecule has 5 rings (SSSR count). The second-order valence-corrected chi connectivity index (χ2v) is 13.7. The van der Waals surface area contributed by atoms with Gasteiger partial charge in [0.05, 0.1) is 30.0 Å². The largest absolute Gasteiger partial charge is 0.429 e. The molecule has 0 bridgehead atoms. The van der Waals surface area contributed by atoms with Crippen molar-refractivity contribution >= 4 is 27.0 Å². The van der Waals surface area contributed by atoms with Crippen LogP contribution in [0, 0.1) is 0 Å². The third-order valence-corrected chi connectivity index (χ3v) is 9.58. The lowest BCUT2D eigenvalue weighted by Gasteiger charge is -2.31. The third-order valence-electron chi connectivity index (χ3n) is 7.73. The molecule has 1 saturated heterocycles. The summed E-state index contributed by atoms with van der Waals surface area (Å²) in [6, 6.07) is 0.293. The predicted molar refractivity (Wildman–Crippen MR) is 148 cm³/mol. The Kier molecular flexibility index (Phi) is 8.02. The van der Waals surface area contributed by atoms with Gasteiger partial charge < -0.3 is 20.3 Å². The number of nitrogens with one attached hydrogen (secondary N) is 1. The molecule has 3 aromatic rings. The van der Waals surface area contributed by atoms with Gasteiger partial charge in [0, 0.05) is 36.9 Å². The van der Waals surface area contributed by atoms with E-state index in [1.165, 1.54) is 38.2 Å². The molecule has 1 aliphatic heterocycles. The van der Waals surface area contributed by atoms with Gasteiger partial charge in [0.15, 0.2) is 5.75 Å². The van der Waals surface area contributed by atoms with Crippen LogP contribution in [-0.2, 0) is 16.6 Å². The molecule has 230 valence electrons. The first-order chi connectivity index (χ1) is 19.6. The Balaban J connectivity index is 1.34. The zero-order valence-electron chi connectivity index (χ0n) is 23.6. The van der Waals surface area contributed by atoms with Crippen molar-refractivity contribution in [2.24, 2.45) is 0 Å². The Morgan fingerprint density at radius 3 is 2.57 bits per heavy atom. The maximum absolute atomic E-state index is 13.2. The van der Waals surface area contributed by atoms with Crippen LogP contribution in [0.3, 0.4) is 0 Å². The van der Waals surface area contributed by atoms with E-state index in [4.69, 9.17) is 0 Å². The Morgan fingerprint density at radius 1 is 1.24 bits per heavy atom. The van der Waals surface area contributed by atoms with Gasteiger partial charge in [0.2, 0.25) is 16.0 Å². The van der Waals surface area contributed by atoms with Gasteiger partial charge in [-0.3, -0.25) is 14.0 Å². The number of aliphatic hydroxyl groups is 2. The van der Waals surface area contributed by atoms with Gasteiger partial charge in [0.1, 0.15) is 10.5 Å². The molecular formula is C26H35F2N7O6S. The molecule has 0 radical (unpaired) electrons. The van der Waals surface area contributed by atoms with Crippen molar-refractivity contribution in [3.63, 3.8) is 0 Å². The Hall–Kier alpha value is -3.21. The number of ether oxygens (including phenoxy) is 1. The quantitative estimate of drug-likeness (QED) is 0.326. The van der Waals surface area contributed by atoms with Crippen LogP contribution in [0.2, 0.25) is 0 Å². The molecule has 4 heterocycles. The monoisotopic (exact) mass is 611 g/mol. The second-order valence-electron chi connectivity index (χ2n) is 11.8. The van der Waals surface area contributed by atoms with Crippen molar-refractivity contribution in [1.82, 2.24) is 28.6 Å². The van der Waals surface area contributed by atoms with Crippen molar-refractivity contribution in [3.05, 3.63) is 35.0 Å². The van der Waals surface area contributed by atoms with E-state index >= 15 is 0 Å². The van der Waals surface area contributed by atoms with E-state index in [2.05, 4.69) is 25.1 Å². The molecule has 0 unspecified atom stereocenters. The van der Waals surface area contributed by atoms with Gasteiger partial charge in [-0.1, -0.05) is 0 Å². The summed E-state index contributed by atoms with van der Waals surface area (Å²) >= 11 is 0. The zero-order chi connectivity index (χ0) is 30.4. The number of halogens is 2. The van der Waals surface area contributed by atoms with E-state index in [1.807, 2.05) is 0 Å². The summed E-state index contributed by atoms with van der Waals surface area (Å²) in [6.45, 7) is 2.22. The number of aromatic nitrogens is 5. The number of nitrogens with zero attached hydrogens (tertiary/aromatic N) is 6. The molecule has 2 aliphatic rings. The average Bonchev–Trinajstić information content (AvgIpc) is 3.50. The van der Waals surface area contributed by atoms with Crippen molar-refractivity contribution < 1.29 is 32.1 Å². The van der Waals surface area contributed by atoms with Gasteiger partial charge in [-0.2, -0.15) is 23.2 Å². The number of sulfonamides is 1. The zero-order valence-corrected chi connectivity index (χ0v) is 24.4. The van der Waals surface area contributed by atoms with Crippen molar-refractivity contribution in [2.45, 2.75) is 94.2 Å². The first-order valence-electron chi connectivity index (χ1n) is 13.7. The normalized spacial score (nSPS) is 22.7. The number of hydrogen-bond acceptors (Lipinski definition) is 10. The van der Waals surface area contributed by atoms with Gasteiger partial charge >= 0.3 is 6.61 Å². The van der Waals surface area contributed by atoms with E-state index in [0.717, 1.165) is 0 Å². The highest BCUT2D eigenvalue weighted by Gasteiger charge is 2.40. The summed E-state index contributed by atoms with van der Waals surface area (Å²) < 4.78 is 60.9. The molecule has 3 N–H and O–H groups in total. The van der Waals surface area contributed by atoms with Crippen LogP contribution in [0.4, 0.5) is 14.7 Å². The molecule has 0 amide bonds. The highest BCUT2D eigenvalue weighted by Crippen LogP contribution is 2.40. The first-order valence-corrected chi connectivity index (χ1v) is 15.2. The van der Waals surface area contributed by atoms with Crippen molar-refractivity contribution in [2.75, 3.05) is 18.4 Å². The van der Waals surface area contributed by atoms with Crippen molar-refractivity contribution in [1.29, 1.82) is 0 Å². The van der Waals surface area contributed by atoms with Crippen LogP contribution in [0.15, 0.2) is 34.3 Å². The predicted octanol–water partition coefficient (Wildman–Crippen LogP) is 2.10. The third kappa shape index (κ3) is 6.26. The SMILES string of the molecule is CC(C)(O)Cn1cc(S(=O)(=O)N2CCC(Nc3ncc4cc(OC(F)F)c(=O)n([C@@H]5CCC[C@@]5(C)O)c4n3)CC2)cn1. The number of piperidine rings is 1. The summed E-state index contributed by atoms with van der Waals surface area (Å²) in [5.41, 5.74) is -2.94. The number of pyridine rings is 1. The van der Waals surface area contributed by atoms with E-state index < -0.39 is 45.2 Å². The van der Waals surface area contributed by atoms with Gasteiger partial charge in [-0.25, -0.2) is 13.4 Å². The summed E-state index contributed by atoms with van der Waals surface area (Å²) in [5.74, 6) is -0.367. The number of anilines is 1. The van der Waals surface area contributed by atoms with Crippen LogP contribution in [0.1, 0.15) is 58.9 Å². The minimum atomic E-state index is -3.78. The lowest BCUT2D eigenvalue weighted by molar-refractivity contribution is -0.0513. The van der Waals surface area contributed by atoms with Crippen LogP contribution < -0.4 is 15.6 Å². The molecule has 0 aromatic carbocycles.